The number of nitrogens with zero attached hydrogens (tertiary/aromatic N) is 3. The van der Waals surface area contributed by atoms with Crippen LogP contribution >= 0.6 is 11.6 Å². The van der Waals surface area contributed by atoms with Crippen LogP contribution in [0, 0.1) is 0 Å². The highest BCUT2D eigenvalue weighted by atomic mass is 35.5. The first-order valence-corrected chi connectivity index (χ1v) is 7.03. The third-order valence-electron chi connectivity index (χ3n) is 3.42. The molecule has 1 atom stereocenters. The molecule has 0 amide bonds. The Balaban J connectivity index is 2.00. The largest absolute Gasteiger partial charge is 0.348 e. The topological polar surface area (TPSA) is 33.1 Å². The summed E-state index contributed by atoms with van der Waals surface area (Å²) in [5.74, 6) is 0.959. The molecule has 1 aromatic carbocycles. The van der Waals surface area contributed by atoms with Crippen molar-refractivity contribution in [2.45, 2.75) is 19.5 Å². The van der Waals surface area contributed by atoms with Crippen molar-refractivity contribution >= 4 is 17.5 Å². The van der Waals surface area contributed by atoms with Gasteiger partial charge in [-0.25, -0.2) is 4.98 Å². The van der Waals surface area contributed by atoms with E-state index in [4.69, 9.17) is 11.6 Å². The summed E-state index contributed by atoms with van der Waals surface area (Å²) in [6.07, 6.45) is 1.91. The van der Waals surface area contributed by atoms with Crippen molar-refractivity contribution in [1.82, 2.24) is 14.9 Å². The summed E-state index contributed by atoms with van der Waals surface area (Å²) in [5, 5.41) is 4.27. The lowest BCUT2D eigenvalue weighted by Gasteiger charge is -2.16. The van der Waals surface area contributed by atoms with Crippen LogP contribution in [0.4, 0.5) is 5.95 Å². The molecule has 1 aromatic heterocycles. The minimum atomic E-state index is 0.268. The number of imidazole rings is 1. The number of hydrogen-bond donors (Lipinski definition) is 1. The highest BCUT2D eigenvalue weighted by molar-refractivity contribution is 6.30. The van der Waals surface area contributed by atoms with Crippen LogP contribution < -0.4 is 10.2 Å². The highest BCUT2D eigenvalue weighted by Gasteiger charge is 2.10. The van der Waals surface area contributed by atoms with E-state index in [0.29, 0.717) is 0 Å². The Bertz CT molecular complexity index is 560. The molecule has 0 aliphatic rings. The van der Waals surface area contributed by atoms with Crippen LogP contribution in [0.1, 0.15) is 24.2 Å². The Morgan fingerprint density at radius 3 is 2.50 bits per heavy atom. The second kappa shape index (κ2) is 6.29. The van der Waals surface area contributed by atoms with Crippen molar-refractivity contribution in [2.24, 2.45) is 7.05 Å². The molecule has 1 heterocycles. The number of hydrogen-bond acceptors (Lipinski definition) is 3. The molecule has 0 radical (unpaired) electrons. The average Bonchev–Trinajstić information content (AvgIpc) is 2.78. The van der Waals surface area contributed by atoms with E-state index in [2.05, 4.69) is 33.9 Å². The molecule has 1 N–H and O–H groups in total. The molecule has 0 aliphatic carbocycles. The maximum atomic E-state index is 5.91. The van der Waals surface area contributed by atoms with Crippen LogP contribution in [0.3, 0.4) is 0 Å². The van der Waals surface area contributed by atoms with Gasteiger partial charge in [0.15, 0.2) is 0 Å². The van der Waals surface area contributed by atoms with Gasteiger partial charge in [-0.15, -0.1) is 0 Å². The highest BCUT2D eigenvalue weighted by Crippen LogP contribution is 2.17. The minimum absolute atomic E-state index is 0.268. The molecule has 0 saturated carbocycles. The van der Waals surface area contributed by atoms with Gasteiger partial charge >= 0.3 is 0 Å². The van der Waals surface area contributed by atoms with Gasteiger partial charge in [0.2, 0.25) is 5.95 Å². The van der Waals surface area contributed by atoms with Crippen LogP contribution in [0.5, 0.6) is 0 Å². The molecule has 0 saturated heterocycles. The van der Waals surface area contributed by atoms with Gasteiger partial charge in [-0.05, 0) is 24.6 Å². The van der Waals surface area contributed by atoms with Gasteiger partial charge in [-0.1, -0.05) is 23.7 Å². The second-order valence-electron chi connectivity index (χ2n) is 5.16. The van der Waals surface area contributed by atoms with Crippen molar-refractivity contribution in [3.63, 3.8) is 0 Å². The minimum Gasteiger partial charge on any atom is -0.348 e. The van der Waals surface area contributed by atoms with E-state index < -0.39 is 0 Å². The molecule has 0 spiro atoms. The third kappa shape index (κ3) is 3.32. The Kier molecular flexibility index (Phi) is 4.68. The zero-order valence-corrected chi connectivity index (χ0v) is 13.1. The van der Waals surface area contributed by atoms with E-state index >= 15 is 0 Å². The number of halogens is 1. The van der Waals surface area contributed by atoms with Gasteiger partial charge in [-0.2, -0.15) is 0 Å². The number of benzene rings is 1. The van der Waals surface area contributed by atoms with Gasteiger partial charge in [0.05, 0.1) is 11.9 Å². The molecular formula is C15H21ClN4. The number of aromatic nitrogens is 2. The van der Waals surface area contributed by atoms with Crippen molar-refractivity contribution in [3.8, 4) is 0 Å². The number of rotatable bonds is 5. The Hall–Kier alpha value is -1.52. The summed E-state index contributed by atoms with van der Waals surface area (Å²) in [6, 6.07) is 8.21. The first-order valence-electron chi connectivity index (χ1n) is 6.66. The summed E-state index contributed by atoms with van der Waals surface area (Å²) < 4.78 is 2.10. The van der Waals surface area contributed by atoms with Gasteiger partial charge < -0.3 is 14.8 Å². The lowest BCUT2D eigenvalue weighted by molar-refractivity contribution is 0.558. The Morgan fingerprint density at radius 1 is 1.30 bits per heavy atom. The molecule has 4 nitrogen and oxygen atoms in total. The zero-order chi connectivity index (χ0) is 14.7. The molecule has 0 unspecified atom stereocenters. The Morgan fingerprint density at radius 2 is 1.95 bits per heavy atom. The SMILES string of the molecule is C[C@H](NCc1cnc(N(C)C)n1C)c1ccc(Cl)cc1. The summed E-state index contributed by atoms with van der Waals surface area (Å²) in [7, 11) is 6.03. The monoisotopic (exact) mass is 292 g/mol. The van der Waals surface area contributed by atoms with Crippen molar-refractivity contribution < 1.29 is 0 Å². The molecular weight excluding hydrogens is 272 g/mol. The van der Waals surface area contributed by atoms with E-state index in [1.165, 1.54) is 5.56 Å². The normalized spacial score (nSPS) is 12.4. The quantitative estimate of drug-likeness (QED) is 0.920. The molecule has 2 aromatic rings. The maximum absolute atomic E-state index is 5.91. The fourth-order valence-corrected chi connectivity index (χ4v) is 2.27. The van der Waals surface area contributed by atoms with Crippen LogP contribution in [0.25, 0.3) is 0 Å². The summed E-state index contributed by atoms with van der Waals surface area (Å²) in [6.45, 7) is 2.92. The molecule has 108 valence electrons. The molecule has 0 bridgehead atoms. The fourth-order valence-electron chi connectivity index (χ4n) is 2.14. The zero-order valence-electron chi connectivity index (χ0n) is 12.4. The van der Waals surface area contributed by atoms with Crippen molar-refractivity contribution in [2.75, 3.05) is 19.0 Å². The van der Waals surface area contributed by atoms with E-state index in [0.717, 1.165) is 23.2 Å². The summed E-state index contributed by atoms with van der Waals surface area (Å²) >= 11 is 5.91. The van der Waals surface area contributed by atoms with E-state index in [1.54, 1.807) is 0 Å². The first kappa shape index (κ1) is 14.9. The predicted octanol–water partition coefficient (Wildman–Crippen LogP) is 2.99. The smallest absolute Gasteiger partial charge is 0.204 e. The number of anilines is 1. The number of nitrogens with one attached hydrogen (secondary N) is 1. The fraction of sp³-hybridized carbons (Fsp3) is 0.400. The molecule has 20 heavy (non-hydrogen) atoms. The van der Waals surface area contributed by atoms with E-state index in [9.17, 15) is 0 Å². The van der Waals surface area contributed by atoms with Crippen LogP contribution in [0.2, 0.25) is 5.02 Å². The van der Waals surface area contributed by atoms with Crippen LogP contribution in [-0.2, 0) is 13.6 Å². The lowest BCUT2D eigenvalue weighted by Crippen LogP contribution is -2.20. The van der Waals surface area contributed by atoms with Gasteiger partial charge in [-0.3, -0.25) is 0 Å². The second-order valence-corrected chi connectivity index (χ2v) is 5.59. The summed E-state index contributed by atoms with van der Waals surface area (Å²) in [5.41, 5.74) is 2.39. The standard InChI is InChI=1S/C15H21ClN4/c1-11(12-5-7-13(16)8-6-12)17-9-14-10-18-15(19(2)3)20(14)4/h5-8,10-11,17H,9H2,1-4H3/t11-/m0/s1. The predicted molar refractivity (Wildman–Crippen MR) is 84.2 cm³/mol. The molecule has 2 rings (SSSR count). The van der Waals surface area contributed by atoms with Gasteiger partial charge in [0.1, 0.15) is 0 Å². The van der Waals surface area contributed by atoms with Crippen molar-refractivity contribution in [3.05, 3.63) is 46.7 Å². The summed E-state index contributed by atoms with van der Waals surface area (Å²) in [4.78, 5) is 6.42. The van der Waals surface area contributed by atoms with E-state index in [-0.39, 0.29) is 6.04 Å². The maximum Gasteiger partial charge on any atom is 0.204 e. The third-order valence-corrected chi connectivity index (χ3v) is 3.67. The van der Waals surface area contributed by atoms with Crippen molar-refractivity contribution in [1.29, 1.82) is 0 Å². The van der Waals surface area contributed by atoms with Crippen LogP contribution in [-0.4, -0.2) is 23.6 Å². The molecule has 5 heteroatoms. The van der Waals surface area contributed by atoms with E-state index in [1.807, 2.05) is 44.4 Å². The molecule has 0 aliphatic heterocycles. The van der Waals surface area contributed by atoms with Gasteiger partial charge in [0, 0.05) is 38.8 Å². The Labute approximate surface area is 125 Å². The molecule has 0 fully saturated rings. The van der Waals surface area contributed by atoms with Crippen LogP contribution in [0.15, 0.2) is 30.5 Å². The average molecular weight is 293 g/mol. The lowest BCUT2D eigenvalue weighted by atomic mass is 10.1. The van der Waals surface area contributed by atoms with Gasteiger partial charge in [0.25, 0.3) is 0 Å². The first-order chi connectivity index (χ1) is 9.49.